The second kappa shape index (κ2) is 5.71. The number of halogens is 1. The SMILES string of the molecule is Nc1cccc2c1C[C@H]1CC[C@@H](C2)N[C@@H]1c1cccc(Br)c1. The Balaban J connectivity index is 1.73. The molecule has 0 saturated carbocycles. The Bertz CT molecular complexity index is 698. The Morgan fingerprint density at radius 3 is 2.77 bits per heavy atom. The minimum Gasteiger partial charge on any atom is -0.398 e. The van der Waals surface area contributed by atoms with E-state index < -0.39 is 0 Å². The molecule has 2 aliphatic heterocycles. The molecular weight excluding hydrogens is 336 g/mol. The molecule has 3 N–H and O–H groups in total. The second-order valence-corrected chi connectivity index (χ2v) is 7.54. The maximum absolute atomic E-state index is 6.27. The van der Waals surface area contributed by atoms with Crippen LogP contribution in [-0.2, 0) is 12.8 Å². The van der Waals surface area contributed by atoms with Crippen LogP contribution >= 0.6 is 15.9 Å². The third-order valence-corrected chi connectivity index (χ3v) is 5.72. The predicted octanol–water partition coefficient (Wildman–Crippen LogP) is 4.24. The maximum Gasteiger partial charge on any atom is 0.0354 e. The number of nitrogens with two attached hydrogens (primary N) is 1. The van der Waals surface area contributed by atoms with Crippen molar-refractivity contribution in [3.8, 4) is 0 Å². The first-order valence-corrected chi connectivity index (χ1v) is 8.88. The Morgan fingerprint density at radius 2 is 1.91 bits per heavy atom. The first-order chi connectivity index (χ1) is 10.7. The van der Waals surface area contributed by atoms with Crippen LogP contribution < -0.4 is 11.1 Å². The molecule has 22 heavy (non-hydrogen) atoms. The molecule has 2 aromatic carbocycles. The highest BCUT2D eigenvalue weighted by atomic mass is 79.9. The van der Waals surface area contributed by atoms with Crippen molar-refractivity contribution in [3.63, 3.8) is 0 Å². The van der Waals surface area contributed by atoms with Gasteiger partial charge in [0.2, 0.25) is 0 Å². The summed E-state index contributed by atoms with van der Waals surface area (Å²) in [6.45, 7) is 0. The van der Waals surface area contributed by atoms with Crippen LogP contribution in [0.1, 0.15) is 35.6 Å². The summed E-state index contributed by atoms with van der Waals surface area (Å²) in [5.41, 5.74) is 11.5. The molecule has 1 fully saturated rings. The first kappa shape index (κ1) is 14.3. The Kier molecular flexibility index (Phi) is 3.71. The third-order valence-electron chi connectivity index (χ3n) is 5.22. The molecule has 0 radical (unpaired) electrons. The fourth-order valence-corrected chi connectivity index (χ4v) is 4.54. The highest BCUT2D eigenvalue weighted by Crippen LogP contribution is 2.39. The first-order valence-electron chi connectivity index (χ1n) is 8.08. The van der Waals surface area contributed by atoms with Crippen LogP contribution in [0.25, 0.3) is 0 Å². The van der Waals surface area contributed by atoms with Crippen LogP contribution in [0, 0.1) is 5.92 Å². The molecule has 0 amide bonds. The van der Waals surface area contributed by atoms with Crippen LogP contribution in [0.3, 0.4) is 0 Å². The van der Waals surface area contributed by atoms with Crippen molar-refractivity contribution in [2.45, 2.75) is 37.8 Å². The van der Waals surface area contributed by atoms with E-state index >= 15 is 0 Å². The van der Waals surface area contributed by atoms with E-state index in [9.17, 15) is 0 Å². The van der Waals surface area contributed by atoms with Gasteiger partial charge in [-0.3, -0.25) is 0 Å². The number of piperidine rings is 1. The molecule has 2 heterocycles. The maximum atomic E-state index is 6.27. The van der Waals surface area contributed by atoms with Gasteiger partial charge in [-0.15, -0.1) is 0 Å². The van der Waals surface area contributed by atoms with Crippen molar-refractivity contribution in [2.24, 2.45) is 5.92 Å². The van der Waals surface area contributed by atoms with Crippen molar-refractivity contribution >= 4 is 21.6 Å². The summed E-state index contributed by atoms with van der Waals surface area (Å²) in [6.07, 6.45) is 4.72. The quantitative estimate of drug-likeness (QED) is 0.750. The molecule has 1 saturated heterocycles. The minimum atomic E-state index is 0.434. The van der Waals surface area contributed by atoms with Crippen molar-refractivity contribution in [2.75, 3.05) is 5.73 Å². The molecule has 2 aromatic rings. The van der Waals surface area contributed by atoms with E-state index in [2.05, 4.69) is 63.7 Å². The number of benzene rings is 2. The number of rotatable bonds is 1. The van der Waals surface area contributed by atoms with Gasteiger partial charge >= 0.3 is 0 Å². The highest BCUT2D eigenvalue weighted by Gasteiger charge is 2.34. The minimum absolute atomic E-state index is 0.434. The van der Waals surface area contributed by atoms with Crippen molar-refractivity contribution in [3.05, 3.63) is 63.6 Å². The van der Waals surface area contributed by atoms with Crippen molar-refractivity contribution < 1.29 is 0 Å². The molecule has 0 unspecified atom stereocenters. The van der Waals surface area contributed by atoms with Gasteiger partial charge in [0.15, 0.2) is 0 Å². The predicted molar refractivity (Wildman–Crippen MR) is 94.8 cm³/mol. The van der Waals surface area contributed by atoms with Crippen molar-refractivity contribution in [1.29, 1.82) is 0 Å². The molecule has 3 atom stereocenters. The largest absolute Gasteiger partial charge is 0.398 e. The topological polar surface area (TPSA) is 38.0 Å². The van der Waals surface area contributed by atoms with Gasteiger partial charge in [0.1, 0.15) is 0 Å². The number of nitrogens with one attached hydrogen (secondary N) is 1. The van der Waals surface area contributed by atoms with Crippen LogP contribution in [0.2, 0.25) is 0 Å². The molecule has 3 heteroatoms. The summed E-state index contributed by atoms with van der Waals surface area (Å²) in [7, 11) is 0. The Hall–Kier alpha value is -1.32. The number of hydrogen-bond donors (Lipinski definition) is 2. The standard InChI is InChI=1S/C19H21BrN2/c20-15-5-1-4-13(9-15)19-14-7-8-16(22-19)10-12-3-2-6-18(21)17(12)11-14/h1-6,9,14,16,19,22H,7-8,10-11,21H2/t14-,16+,19-/m1/s1. The third kappa shape index (κ3) is 2.57. The summed E-state index contributed by atoms with van der Waals surface area (Å²) in [4.78, 5) is 0. The molecule has 2 nitrogen and oxygen atoms in total. The van der Waals surface area contributed by atoms with Crippen LogP contribution in [0.4, 0.5) is 5.69 Å². The lowest BCUT2D eigenvalue weighted by molar-refractivity contribution is 0.221. The van der Waals surface area contributed by atoms with Gasteiger partial charge in [0.25, 0.3) is 0 Å². The van der Waals surface area contributed by atoms with E-state index in [4.69, 9.17) is 5.73 Å². The molecule has 3 aliphatic rings. The lowest BCUT2D eigenvalue weighted by Crippen LogP contribution is -2.45. The van der Waals surface area contributed by atoms with Crippen LogP contribution in [0.15, 0.2) is 46.9 Å². The van der Waals surface area contributed by atoms with E-state index in [-0.39, 0.29) is 0 Å². The number of nitrogen functional groups attached to an aromatic ring is 1. The fraction of sp³-hybridized carbons (Fsp3) is 0.368. The molecule has 114 valence electrons. The van der Waals surface area contributed by atoms with E-state index in [1.165, 1.54) is 29.5 Å². The highest BCUT2D eigenvalue weighted by molar-refractivity contribution is 9.10. The van der Waals surface area contributed by atoms with Crippen molar-refractivity contribution in [1.82, 2.24) is 5.32 Å². The molecule has 1 aliphatic carbocycles. The smallest absolute Gasteiger partial charge is 0.0354 e. The van der Waals surface area contributed by atoms with E-state index in [0.29, 0.717) is 18.0 Å². The molecule has 5 rings (SSSR count). The summed E-state index contributed by atoms with van der Waals surface area (Å²) in [6, 6.07) is 16.1. The van der Waals surface area contributed by atoms with Gasteiger partial charge in [0, 0.05) is 22.2 Å². The fourth-order valence-electron chi connectivity index (χ4n) is 4.13. The average Bonchev–Trinajstić information content (AvgIpc) is 2.48. The monoisotopic (exact) mass is 356 g/mol. The molecule has 2 bridgehead atoms. The summed E-state index contributed by atoms with van der Waals surface area (Å²) in [5.74, 6) is 0.620. The van der Waals surface area contributed by atoms with Gasteiger partial charge in [-0.25, -0.2) is 0 Å². The lowest BCUT2D eigenvalue weighted by atomic mass is 9.75. The number of anilines is 1. The lowest BCUT2D eigenvalue weighted by Gasteiger charge is -2.41. The average molecular weight is 357 g/mol. The summed E-state index contributed by atoms with van der Waals surface area (Å²) < 4.78 is 1.16. The molecule has 0 spiro atoms. The van der Waals surface area contributed by atoms with Gasteiger partial charge < -0.3 is 11.1 Å². The van der Waals surface area contributed by atoms with E-state index in [0.717, 1.165) is 23.0 Å². The van der Waals surface area contributed by atoms with Gasteiger partial charge in [-0.05, 0) is 66.5 Å². The number of hydrogen-bond acceptors (Lipinski definition) is 2. The zero-order chi connectivity index (χ0) is 15.1. The summed E-state index contributed by atoms with van der Waals surface area (Å²) in [5, 5.41) is 3.90. The second-order valence-electron chi connectivity index (χ2n) is 6.63. The van der Waals surface area contributed by atoms with Gasteiger partial charge in [-0.1, -0.05) is 40.2 Å². The van der Waals surface area contributed by atoms with Crippen LogP contribution in [0.5, 0.6) is 0 Å². The Labute approximate surface area is 140 Å². The van der Waals surface area contributed by atoms with Crippen LogP contribution in [-0.4, -0.2) is 6.04 Å². The number of fused-ring (bicyclic) bond motifs is 2. The summed E-state index contributed by atoms with van der Waals surface area (Å²) >= 11 is 3.61. The normalized spacial score (nSPS) is 27.0. The molecule has 0 aromatic heterocycles. The zero-order valence-electron chi connectivity index (χ0n) is 12.6. The van der Waals surface area contributed by atoms with Gasteiger partial charge in [0.05, 0.1) is 0 Å². The Morgan fingerprint density at radius 1 is 1.05 bits per heavy atom. The van der Waals surface area contributed by atoms with E-state index in [1.807, 2.05) is 0 Å². The zero-order valence-corrected chi connectivity index (χ0v) is 14.1. The van der Waals surface area contributed by atoms with E-state index in [1.54, 1.807) is 0 Å². The van der Waals surface area contributed by atoms with Gasteiger partial charge in [-0.2, -0.15) is 0 Å². The molecular formula is C19H21BrN2.